The first kappa shape index (κ1) is 13.6. The first-order valence-corrected chi connectivity index (χ1v) is 7.06. The summed E-state index contributed by atoms with van der Waals surface area (Å²) >= 11 is 0. The number of anilines is 1. The summed E-state index contributed by atoms with van der Waals surface area (Å²) in [6.45, 7) is 0.913. The summed E-state index contributed by atoms with van der Waals surface area (Å²) < 4.78 is 13.9. The van der Waals surface area contributed by atoms with Crippen molar-refractivity contribution in [2.45, 2.75) is 19.4 Å². The molecule has 0 atom stereocenters. The van der Waals surface area contributed by atoms with Crippen LogP contribution in [0.3, 0.4) is 0 Å². The normalized spacial score (nSPS) is 14.7. The van der Waals surface area contributed by atoms with Crippen molar-refractivity contribution in [1.29, 1.82) is 0 Å². The van der Waals surface area contributed by atoms with E-state index in [0.29, 0.717) is 17.8 Å². The molecule has 0 aromatic heterocycles. The molecule has 1 aliphatic rings. The van der Waals surface area contributed by atoms with Gasteiger partial charge in [0, 0.05) is 29.9 Å². The van der Waals surface area contributed by atoms with Crippen LogP contribution in [0.5, 0.6) is 0 Å². The van der Waals surface area contributed by atoms with E-state index in [4.69, 9.17) is 5.73 Å². The summed E-state index contributed by atoms with van der Waals surface area (Å²) in [5, 5.41) is 0. The molecule has 0 aliphatic carbocycles. The van der Waals surface area contributed by atoms with Gasteiger partial charge >= 0.3 is 0 Å². The molecular formula is C17H17FN2O. The zero-order chi connectivity index (χ0) is 14.8. The van der Waals surface area contributed by atoms with Crippen LogP contribution in [0.4, 0.5) is 10.1 Å². The van der Waals surface area contributed by atoms with E-state index in [0.717, 1.165) is 24.0 Å². The van der Waals surface area contributed by atoms with Gasteiger partial charge in [0.2, 0.25) is 0 Å². The fourth-order valence-corrected chi connectivity index (χ4v) is 2.73. The molecule has 0 unspecified atom stereocenters. The number of hydrogen-bond acceptors (Lipinski definition) is 2. The van der Waals surface area contributed by atoms with E-state index in [9.17, 15) is 9.18 Å². The molecular weight excluding hydrogens is 267 g/mol. The molecule has 1 amide bonds. The Morgan fingerprint density at radius 2 is 2.00 bits per heavy atom. The molecule has 0 spiro atoms. The van der Waals surface area contributed by atoms with Crippen LogP contribution in [0.1, 0.15) is 27.9 Å². The van der Waals surface area contributed by atoms with Gasteiger partial charge in [-0.3, -0.25) is 4.79 Å². The first-order chi connectivity index (χ1) is 10.1. The SMILES string of the molecule is Nc1ccc(CN2CCCc3ccccc3C2=O)c(F)c1. The molecule has 3 rings (SSSR count). The number of nitrogens with two attached hydrogens (primary N) is 1. The predicted molar refractivity (Wildman–Crippen MR) is 80.3 cm³/mol. The third-order valence-corrected chi connectivity index (χ3v) is 3.85. The molecule has 1 aliphatic heterocycles. The highest BCUT2D eigenvalue weighted by Crippen LogP contribution is 2.21. The predicted octanol–water partition coefficient (Wildman–Crippen LogP) is 3.00. The molecule has 0 radical (unpaired) electrons. The van der Waals surface area contributed by atoms with Crippen molar-refractivity contribution < 1.29 is 9.18 Å². The summed E-state index contributed by atoms with van der Waals surface area (Å²) in [6, 6.07) is 12.2. The van der Waals surface area contributed by atoms with Crippen molar-refractivity contribution >= 4 is 11.6 Å². The number of halogens is 1. The zero-order valence-electron chi connectivity index (χ0n) is 11.7. The molecule has 2 N–H and O–H groups in total. The lowest BCUT2D eigenvalue weighted by Gasteiger charge is -2.21. The van der Waals surface area contributed by atoms with Crippen molar-refractivity contribution in [3.8, 4) is 0 Å². The van der Waals surface area contributed by atoms with E-state index in [2.05, 4.69) is 0 Å². The van der Waals surface area contributed by atoms with Gasteiger partial charge in [0.25, 0.3) is 5.91 Å². The Bertz CT molecular complexity index is 684. The zero-order valence-corrected chi connectivity index (χ0v) is 11.7. The van der Waals surface area contributed by atoms with Crippen molar-refractivity contribution in [3.63, 3.8) is 0 Å². The van der Waals surface area contributed by atoms with Crippen molar-refractivity contribution in [3.05, 3.63) is 65.0 Å². The second-order valence-electron chi connectivity index (χ2n) is 5.34. The van der Waals surface area contributed by atoms with Crippen LogP contribution in [0.25, 0.3) is 0 Å². The van der Waals surface area contributed by atoms with Crippen LogP contribution in [-0.2, 0) is 13.0 Å². The van der Waals surface area contributed by atoms with E-state index >= 15 is 0 Å². The van der Waals surface area contributed by atoms with Gasteiger partial charge in [-0.1, -0.05) is 24.3 Å². The topological polar surface area (TPSA) is 46.3 Å². The lowest BCUT2D eigenvalue weighted by molar-refractivity contribution is 0.0747. The number of rotatable bonds is 2. The Hall–Kier alpha value is -2.36. The third-order valence-electron chi connectivity index (χ3n) is 3.85. The Labute approximate surface area is 123 Å². The van der Waals surface area contributed by atoms with E-state index in [1.165, 1.54) is 6.07 Å². The summed E-state index contributed by atoms with van der Waals surface area (Å²) in [4.78, 5) is 14.3. The second-order valence-corrected chi connectivity index (χ2v) is 5.34. The minimum Gasteiger partial charge on any atom is -0.399 e. The fraction of sp³-hybridized carbons (Fsp3) is 0.235. The molecule has 0 saturated carbocycles. The van der Waals surface area contributed by atoms with Crippen molar-refractivity contribution in [2.24, 2.45) is 0 Å². The minimum atomic E-state index is -0.361. The van der Waals surface area contributed by atoms with Crippen LogP contribution in [-0.4, -0.2) is 17.4 Å². The monoisotopic (exact) mass is 284 g/mol. The molecule has 2 aromatic carbocycles. The number of aryl methyl sites for hydroxylation is 1. The molecule has 2 aromatic rings. The molecule has 21 heavy (non-hydrogen) atoms. The molecule has 0 bridgehead atoms. The van der Waals surface area contributed by atoms with Crippen LogP contribution in [0.2, 0.25) is 0 Å². The Balaban J connectivity index is 1.87. The highest BCUT2D eigenvalue weighted by molar-refractivity contribution is 5.96. The van der Waals surface area contributed by atoms with Gasteiger partial charge in [0.1, 0.15) is 5.82 Å². The molecule has 3 nitrogen and oxygen atoms in total. The highest BCUT2D eigenvalue weighted by Gasteiger charge is 2.22. The number of nitrogen functional groups attached to an aromatic ring is 1. The fourth-order valence-electron chi connectivity index (χ4n) is 2.73. The number of carbonyl (C=O) groups excluding carboxylic acids is 1. The number of fused-ring (bicyclic) bond motifs is 1. The quantitative estimate of drug-likeness (QED) is 0.862. The molecule has 1 heterocycles. The maximum absolute atomic E-state index is 13.9. The Morgan fingerprint density at radius 1 is 1.19 bits per heavy atom. The van der Waals surface area contributed by atoms with Crippen LogP contribution in [0, 0.1) is 5.82 Å². The number of amides is 1. The van der Waals surface area contributed by atoms with Gasteiger partial charge < -0.3 is 10.6 Å². The maximum atomic E-state index is 13.9. The van der Waals surface area contributed by atoms with Crippen molar-refractivity contribution in [1.82, 2.24) is 4.90 Å². The van der Waals surface area contributed by atoms with E-state index in [1.54, 1.807) is 17.0 Å². The number of carbonyl (C=O) groups is 1. The van der Waals surface area contributed by atoms with Gasteiger partial charge in [-0.25, -0.2) is 4.39 Å². The van der Waals surface area contributed by atoms with Crippen LogP contribution >= 0.6 is 0 Å². The second kappa shape index (κ2) is 5.56. The van der Waals surface area contributed by atoms with Crippen molar-refractivity contribution in [2.75, 3.05) is 12.3 Å². The molecule has 0 fully saturated rings. The van der Waals surface area contributed by atoms with Gasteiger partial charge in [-0.2, -0.15) is 0 Å². The lowest BCUT2D eigenvalue weighted by Crippen LogP contribution is -2.30. The van der Waals surface area contributed by atoms with Gasteiger partial charge in [-0.05, 0) is 36.6 Å². The van der Waals surface area contributed by atoms with E-state index in [-0.39, 0.29) is 18.3 Å². The standard InChI is InChI=1S/C17H17FN2O/c18-16-10-14(19)8-7-13(16)11-20-9-3-5-12-4-1-2-6-15(12)17(20)21/h1-2,4,6-8,10H,3,5,9,11,19H2. The van der Waals surface area contributed by atoms with E-state index in [1.807, 2.05) is 24.3 Å². The number of hydrogen-bond donors (Lipinski definition) is 1. The van der Waals surface area contributed by atoms with Gasteiger partial charge in [0.05, 0.1) is 0 Å². The minimum absolute atomic E-state index is 0.0284. The maximum Gasteiger partial charge on any atom is 0.254 e. The summed E-state index contributed by atoms with van der Waals surface area (Å²) in [6.07, 6.45) is 1.77. The van der Waals surface area contributed by atoms with Crippen LogP contribution in [0.15, 0.2) is 42.5 Å². The molecule has 0 saturated heterocycles. The number of nitrogens with zero attached hydrogens (tertiary/aromatic N) is 1. The van der Waals surface area contributed by atoms with Gasteiger partial charge in [-0.15, -0.1) is 0 Å². The molecule has 4 heteroatoms. The van der Waals surface area contributed by atoms with E-state index < -0.39 is 0 Å². The molecule has 108 valence electrons. The first-order valence-electron chi connectivity index (χ1n) is 7.06. The Kier molecular flexibility index (Phi) is 3.60. The average molecular weight is 284 g/mol. The summed E-state index contributed by atoms with van der Waals surface area (Å²) in [5.74, 6) is -0.389. The van der Waals surface area contributed by atoms with Crippen LogP contribution < -0.4 is 5.73 Å². The summed E-state index contributed by atoms with van der Waals surface area (Å²) in [5.41, 5.74) is 8.24. The lowest BCUT2D eigenvalue weighted by atomic mass is 10.0. The number of benzene rings is 2. The van der Waals surface area contributed by atoms with Gasteiger partial charge in [0.15, 0.2) is 0 Å². The largest absolute Gasteiger partial charge is 0.399 e. The third kappa shape index (κ3) is 2.75. The summed E-state index contributed by atoms with van der Waals surface area (Å²) in [7, 11) is 0. The highest BCUT2D eigenvalue weighted by atomic mass is 19.1. The smallest absolute Gasteiger partial charge is 0.254 e. The Morgan fingerprint density at radius 3 is 2.81 bits per heavy atom. The average Bonchev–Trinajstić information content (AvgIpc) is 2.63.